The normalized spacial score (nSPS) is 15.1. The highest BCUT2D eigenvalue weighted by atomic mass is 32.2. The summed E-state index contributed by atoms with van der Waals surface area (Å²) >= 11 is 0. The molecule has 11 heteroatoms. The predicted octanol–water partition coefficient (Wildman–Crippen LogP) is 3.54. The maximum atomic E-state index is 13.3. The molecule has 33 heavy (non-hydrogen) atoms. The first kappa shape index (κ1) is 22.9. The maximum absolute atomic E-state index is 13.3. The van der Waals surface area contributed by atoms with Crippen molar-refractivity contribution in [3.8, 4) is 0 Å². The van der Waals surface area contributed by atoms with Gasteiger partial charge in [-0.2, -0.15) is 9.40 Å². The van der Waals surface area contributed by atoms with Crippen molar-refractivity contribution in [2.75, 3.05) is 12.4 Å². The number of nitro groups is 1. The number of para-hydroxylation sites is 1. The summed E-state index contributed by atoms with van der Waals surface area (Å²) in [6, 6.07) is 10.6. The molecule has 1 aromatic heterocycles. The molecule has 4 rings (SSSR count). The summed E-state index contributed by atoms with van der Waals surface area (Å²) in [5.41, 5.74) is 0.707. The van der Waals surface area contributed by atoms with Crippen LogP contribution in [0.1, 0.15) is 32.1 Å². The third kappa shape index (κ3) is 4.74. The standard InChI is InChI=1S/C22H25N5O5S/c1-25(17-7-3-2-4-8-17)33(31,32)21-10-6-5-9-19(21)24-22(28)15-26-20-12-11-18(27(29)30)13-16(20)14-23-26/h5-6,9-14,17H,2-4,7-8,15H2,1H3,(H,24,28). The first-order chi connectivity index (χ1) is 15.8. The van der Waals surface area contributed by atoms with Gasteiger partial charge in [0.15, 0.2) is 0 Å². The Morgan fingerprint density at radius 2 is 1.94 bits per heavy atom. The molecule has 0 unspecified atom stereocenters. The number of rotatable bonds is 7. The number of carbonyl (C=O) groups excluding carboxylic acids is 1. The molecule has 1 aliphatic rings. The third-order valence-electron chi connectivity index (χ3n) is 6.04. The Kier molecular flexibility index (Phi) is 6.43. The average Bonchev–Trinajstić information content (AvgIpc) is 3.21. The summed E-state index contributed by atoms with van der Waals surface area (Å²) < 4.78 is 29.5. The monoisotopic (exact) mass is 471 g/mol. The van der Waals surface area contributed by atoms with E-state index in [1.807, 2.05) is 0 Å². The van der Waals surface area contributed by atoms with Crippen LogP contribution in [0, 0.1) is 10.1 Å². The number of aromatic nitrogens is 2. The highest BCUT2D eigenvalue weighted by Crippen LogP contribution is 2.30. The van der Waals surface area contributed by atoms with E-state index in [2.05, 4.69) is 10.4 Å². The molecular weight excluding hydrogens is 446 g/mol. The molecule has 3 aromatic rings. The van der Waals surface area contributed by atoms with Gasteiger partial charge in [-0.05, 0) is 31.0 Å². The summed E-state index contributed by atoms with van der Waals surface area (Å²) in [6.07, 6.45) is 6.23. The zero-order valence-electron chi connectivity index (χ0n) is 18.2. The largest absolute Gasteiger partial charge is 0.323 e. The first-order valence-electron chi connectivity index (χ1n) is 10.7. The van der Waals surface area contributed by atoms with Gasteiger partial charge in [0.2, 0.25) is 15.9 Å². The molecule has 2 aromatic carbocycles. The van der Waals surface area contributed by atoms with Crippen molar-refractivity contribution in [2.45, 2.75) is 49.6 Å². The Morgan fingerprint density at radius 3 is 2.67 bits per heavy atom. The van der Waals surface area contributed by atoms with E-state index in [1.165, 1.54) is 39.4 Å². The highest BCUT2D eigenvalue weighted by molar-refractivity contribution is 7.89. The summed E-state index contributed by atoms with van der Waals surface area (Å²) in [5, 5.41) is 18.3. The van der Waals surface area contributed by atoms with Gasteiger partial charge in [0.1, 0.15) is 11.4 Å². The molecule has 1 heterocycles. The van der Waals surface area contributed by atoms with Gasteiger partial charge in [0.25, 0.3) is 5.69 Å². The van der Waals surface area contributed by atoms with Crippen LogP contribution in [0.2, 0.25) is 0 Å². The second-order valence-electron chi connectivity index (χ2n) is 8.16. The van der Waals surface area contributed by atoms with E-state index in [0.29, 0.717) is 10.9 Å². The lowest BCUT2D eigenvalue weighted by Crippen LogP contribution is -2.38. The fourth-order valence-corrected chi connectivity index (χ4v) is 5.79. The van der Waals surface area contributed by atoms with Crippen molar-refractivity contribution in [1.29, 1.82) is 0 Å². The van der Waals surface area contributed by atoms with Gasteiger partial charge in [0.05, 0.1) is 22.3 Å². The van der Waals surface area contributed by atoms with Crippen molar-refractivity contribution in [3.63, 3.8) is 0 Å². The minimum Gasteiger partial charge on any atom is -0.323 e. The van der Waals surface area contributed by atoms with Crippen LogP contribution < -0.4 is 5.32 Å². The number of carbonyl (C=O) groups is 1. The Labute approximate surface area is 191 Å². The van der Waals surface area contributed by atoms with Crippen LogP contribution in [0.4, 0.5) is 11.4 Å². The molecule has 10 nitrogen and oxygen atoms in total. The number of amides is 1. The number of fused-ring (bicyclic) bond motifs is 1. The van der Waals surface area contributed by atoms with E-state index in [1.54, 1.807) is 25.2 Å². The van der Waals surface area contributed by atoms with Crippen LogP contribution >= 0.6 is 0 Å². The minimum absolute atomic E-state index is 0.0485. The molecule has 0 spiro atoms. The predicted molar refractivity (Wildman–Crippen MR) is 123 cm³/mol. The van der Waals surface area contributed by atoms with E-state index in [0.717, 1.165) is 32.1 Å². The Hall–Kier alpha value is -3.31. The number of nitrogens with one attached hydrogen (secondary N) is 1. The van der Waals surface area contributed by atoms with Crippen LogP contribution in [0.5, 0.6) is 0 Å². The number of nitro benzene ring substituents is 1. The summed E-state index contributed by atoms with van der Waals surface area (Å²) in [5.74, 6) is -0.457. The molecule has 174 valence electrons. The van der Waals surface area contributed by atoms with Crippen LogP contribution in [0.3, 0.4) is 0 Å². The summed E-state index contributed by atoms with van der Waals surface area (Å²) in [7, 11) is -2.20. The van der Waals surface area contributed by atoms with Gasteiger partial charge in [-0.25, -0.2) is 8.42 Å². The van der Waals surface area contributed by atoms with E-state index in [9.17, 15) is 23.3 Å². The van der Waals surface area contributed by atoms with E-state index >= 15 is 0 Å². The number of sulfonamides is 1. The Bertz CT molecular complexity index is 1300. The lowest BCUT2D eigenvalue weighted by Gasteiger charge is -2.30. The number of benzene rings is 2. The molecule has 1 aliphatic carbocycles. The fraction of sp³-hybridized carbons (Fsp3) is 0.364. The Morgan fingerprint density at radius 1 is 1.21 bits per heavy atom. The molecule has 1 fully saturated rings. The quantitative estimate of drug-likeness (QED) is 0.415. The number of hydrogen-bond donors (Lipinski definition) is 1. The van der Waals surface area contributed by atoms with Crippen LogP contribution in [-0.4, -0.2) is 46.4 Å². The van der Waals surface area contributed by atoms with Crippen molar-refractivity contribution in [3.05, 3.63) is 58.8 Å². The van der Waals surface area contributed by atoms with Crippen LogP contribution in [0.25, 0.3) is 10.9 Å². The molecule has 1 N–H and O–H groups in total. The zero-order chi connectivity index (χ0) is 23.6. The van der Waals surface area contributed by atoms with Gasteiger partial charge >= 0.3 is 0 Å². The first-order valence-corrected chi connectivity index (χ1v) is 12.2. The molecule has 0 atom stereocenters. The van der Waals surface area contributed by atoms with Gasteiger partial charge in [-0.3, -0.25) is 19.6 Å². The average molecular weight is 472 g/mol. The molecule has 0 saturated heterocycles. The molecular formula is C22H25N5O5S. The van der Waals surface area contributed by atoms with E-state index in [-0.39, 0.29) is 28.9 Å². The van der Waals surface area contributed by atoms with Crippen LogP contribution in [0.15, 0.2) is 53.6 Å². The van der Waals surface area contributed by atoms with Crippen molar-refractivity contribution < 1.29 is 18.1 Å². The number of hydrogen-bond acceptors (Lipinski definition) is 6. The number of anilines is 1. The Balaban J connectivity index is 1.54. The zero-order valence-corrected chi connectivity index (χ0v) is 19.0. The molecule has 1 saturated carbocycles. The van der Waals surface area contributed by atoms with Crippen molar-refractivity contribution in [2.24, 2.45) is 0 Å². The van der Waals surface area contributed by atoms with E-state index < -0.39 is 20.9 Å². The second-order valence-corrected chi connectivity index (χ2v) is 10.1. The molecule has 0 aliphatic heterocycles. The highest BCUT2D eigenvalue weighted by Gasteiger charge is 2.31. The lowest BCUT2D eigenvalue weighted by molar-refractivity contribution is -0.384. The van der Waals surface area contributed by atoms with Crippen molar-refractivity contribution >= 4 is 38.2 Å². The lowest BCUT2D eigenvalue weighted by atomic mass is 9.96. The minimum atomic E-state index is -3.79. The van der Waals surface area contributed by atoms with Gasteiger partial charge in [-0.1, -0.05) is 31.4 Å². The molecule has 0 radical (unpaired) electrons. The van der Waals surface area contributed by atoms with Gasteiger partial charge < -0.3 is 5.32 Å². The van der Waals surface area contributed by atoms with Gasteiger partial charge in [0, 0.05) is 30.6 Å². The molecule has 1 amide bonds. The smallest absolute Gasteiger partial charge is 0.270 e. The topological polar surface area (TPSA) is 127 Å². The van der Waals surface area contributed by atoms with E-state index in [4.69, 9.17) is 0 Å². The SMILES string of the molecule is CN(C1CCCCC1)S(=O)(=O)c1ccccc1NC(=O)Cn1ncc2cc([N+](=O)[O-])ccc21. The second kappa shape index (κ2) is 9.28. The van der Waals surface area contributed by atoms with Crippen LogP contribution in [-0.2, 0) is 21.4 Å². The van der Waals surface area contributed by atoms with Crippen molar-refractivity contribution in [1.82, 2.24) is 14.1 Å². The van der Waals surface area contributed by atoms with Gasteiger partial charge in [-0.15, -0.1) is 0 Å². The number of nitrogens with zero attached hydrogens (tertiary/aromatic N) is 4. The number of non-ortho nitro benzene ring substituents is 1. The summed E-state index contributed by atoms with van der Waals surface area (Å²) in [6.45, 7) is -0.172. The fourth-order valence-electron chi connectivity index (χ4n) is 4.23. The molecule has 0 bridgehead atoms. The third-order valence-corrected chi connectivity index (χ3v) is 8.00. The maximum Gasteiger partial charge on any atom is 0.270 e. The summed E-state index contributed by atoms with van der Waals surface area (Å²) in [4.78, 5) is 23.3.